The summed E-state index contributed by atoms with van der Waals surface area (Å²) in [5.74, 6) is 1.41. The Labute approximate surface area is 158 Å². The van der Waals surface area contributed by atoms with E-state index >= 15 is 0 Å². The minimum Gasteiger partial charge on any atom is -0.508 e. The predicted octanol–water partition coefficient (Wildman–Crippen LogP) is 4.32. The number of rotatable bonds is 3. The van der Waals surface area contributed by atoms with Crippen LogP contribution in [0.3, 0.4) is 0 Å². The van der Waals surface area contributed by atoms with Gasteiger partial charge in [0.2, 0.25) is 5.88 Å². The zero-order valence-corrected chi connectivity index (χ0v) is 15.7. The third-order valence-electron chi connectivity index (χ3n) is 4.86. The maximum absolute atomic E-state index is 9.89. The second-order valence-corrected chi connectivity index (χ2v) is 7.53. The van der Waals surface area contributed by atoms with E-state index in [2.05, 4.69) is 50.0 Å². The average molecular weight is 361 g/mol. The van der Waals surface area contributed by atoms with Gasteiger partial charge in [-0.3, -0.25) is 5.41 Å². The van der Waals surface area contributed by atoms with Gasteiger partial charge in [-0.05, 0) is 24.5 Å². The van der Waals surface area contributed by atoms with Gasteiger partial charge in [-0.15, -0.1) is 0 Å². The fourth-order valence-corrected chi connectivity index (χ4v) is 3.59. The summed E-state index contributed by atoms with van der Waals surface area (Å²) in [5, 5.41) is 18.7. The number of fused-ring (bicyclic) bond motifs is 2. The number of benzene rings is 2. The molecule has 0 radical (unpaired) electrons. The SMILES string of the molecule is Cc1ccc([C@@H]2c3ccc(O)cc3Oc3ncn(CC(C)C)c(=N)c32)cc1. The molecule has 5 nitrogen and oxygen atoms in total. The number of nitrogens with zero attached hydrogens (tertiary/aromatic N) is 2. The van der Waals surface area contributed by atoms with Crippen LogP contribution in [-0.2, 0) is 6.54 Å². The van der Waals surface area contributed by atoms with Crippen LogP contribution < -0.4 is 10.2 Å². The van der Waals surface area contributed by atoms with Crippen LogP contribution in [0.25, 0.3) is 0 Å². The fraction of sp³-hybridized carbons (Fsp3) is 0.273. The van der Waals surface area contributed by atoms with Crippen LogP contribution in [0.1, 0.15) is 42.0 Å². The second kappa shape index (κ2) is 6.58. The molecule has 3 aromatic rings. The van der Waals surface area contributed by atoms with Gasteiger partial charge in [0.25, 0.3) is 0 Å². The van der Waals surface area contributed by atoms with Crippen LogP contribution >= 0.6 is 0 Å². The van der Waals surface area contributed by atoms with Crippen LogP contribution in [0.4, 0.5) is 0 Å². The normalized spacial score (nSPS) is 15.2. The summed E-state index contributed by atoms with van der Waals surface area (Å²) in [6, 6.07) is 13.5. The molecule has 2 aromatic carbocycles. The van der Waals surface area contributed by atoms with Crippen LogP contribution in [-0.4, -0.2) is 14.7 Å². The first-order chi connectivity index (χ1) is 12.9. The van der Waals surface area contributed by atoms with E-state index in [1.165, 1.54) is 5.56 Å². The Kier molecular flexibility index (Phi) is 4.22. The van der Waals surface area contributed by atoms with Crippen molar-refractivity contribution in [3.8, 4) is 17.4 Å². The van der Waals surface area contributed by atoms with E-state index in [1.807, 2.05) is 10.6 Å². The second-order valence-electron chi connectivity index (χ2n) is 7.53. The van der Waals surface area contributed by atoms with Gasteiger partial charge in [-0.1, -0.05) is 49.7 Å². The zero-order chi connectivity index (χ0) is 19.1. The highest BCUT2D eigenvalue weighted by molar-refractivity contribution is 5.57. The number of aromatic nitrogens is 2. The van der Waals surface area contributed by atoms with E-state index in [1.54, 1.807) is 18.5 Å². The molecule has 0 saturated carbocycles. The molecule has 138 valence electrons. The summed E-state index contributed by atoms with van der Waals surface area (Å²) in [6.07, 6.45) is 1.67. The highest BCUT2D eigenvalue weighted by Crippen LogP contribution is 2.45. The van der Waals surface area contributed by atoms with Gasteiger partial charge in [0, 0.05) is 24.1 Å². The van der Waals surface area contributed by atoms with E-state index in [0.717, 1.165) is 23.2 Å². The van der Waals surface area contributed by atoms with Crippen molar-refractivity contribution in [3.05, 3.63) is 76.5 Å². The molecule has 0 saturated heterocycles. The number of aryl methyl sites for hydroxylation is 1. The van der Waals surface area contributed by atoms with E-state index in [9.17, 15) is 5.11 Å². The topological polar surface area (TPSA) is 71.1 Å². The van der Waals surface area contributed by atoms with E-state index < -0.39 is 0 Å². The molecule has 1 aromatic heterocycles. The van der Waals surface area contributed by atoms with Crippen molar-refractivity contribution >= 4 is 0 Å². The molecule has 0 bridgehead atoms. The molecule has 2 heterocycles. The van der Waals surface area contributed by atoms with Crippen LogP contribution in [0.5, 0.6) is 17.4 Å². The molecule has 2 N–H and O–H groups in total. The maximum atomic E-state index is 9.89. The summed E-state index contributed by atoms with van der Waals surface area (Å²) in [7, 11) is 0. The Morgan fingerprint density at radius 1 is 1.19 bits per heavy atom. The minimum atomic E-state index is -0.162. The fourth-order valence-electron chi connectivity index (χ4n) is 3.59. The van der Waals surface area contributed by atoms with Gasteiger partial charge in [0.15, 0.2) is 0 Å². The van der Waals surface area contributed by atoms with E-state index in [4.69, 9.17) is 10.1 Å². The molecule has 0 aliphatic carbocycles. The highest BCUT2D eigenvalue weighted by Gasteiger charge is 2.32. The number of hydrogen-bond donors (Lipinski definition) is 2. The van der Waals surface area contributed by atoms with Gasteiger partial charge >= 0.3 is 0 Å². The molecular weight excluding hydrogens is 338 g/mol. The third kappa shape index (κ3) is 3.10. The van der Waals surface area contributed by atoms with Crippen LogP contribution in [0.2, 0.25) is 0 Å². The van der Waals surface area contributed by atoms with Crippen molar-refractivity contribution in [1.82, 2.24) is 9.55 Å². The highest BCUT2D eigenvalue weighted by atomic mass is 16.5. The van der Waals surface area contributed by atoms with Gasteiger partial charge in [-0.25, -0.2) is 4.98 Å². The molecule has 1 atom stereocenters. The molecule has 1 aliphatic heterocycles. The Morgan fingerprint density at radius 2 is 1.93 bits per heavy atom. The van der Waals surface area contributed by atoms with Crippen LogP contribution in [0.15, 0.2) is 48.8 Å². The quantitative estimate of drug-likeness (QED) is 0.571. The maximum Gasteiger partial charge on any atom is 0.228 e. The first-order valence-corrected chi connectivity index (χ1v) is 9.15. The van der Waals surface area contributed by atoms with Crippen molar-refractivity contribution in [3.63, 3.8) is 0 Å². The average Bonchev–Trinajstić information content (AvgIpc) is 2.63. The summed E-state index contributed by atoms with van der Waals surface area (Å²) in [4.78, 5) is 4.49. The van der Waals surface area contributed by atoms with Crippen molar-refractivity contribution < 1.29 is 9.84 Å². The van der Waals surface area contributed by atoms with Gasteiger partial charge in [0.1, 0.15) is 23.3 Å². The summed E-state index contributed by atoms with van der Waals surface area (Å²) in [6.45, 7) is 7.03. The number of ether oxygens (including phenoxy) is 1. The lowest BCUT2D eigenvalue weighted by molar-refractivity contribution is 0.407. The standard InChI is InChI=1S/C22H23N3O2/c1-13(2)11-25-12-24-22-20(21(25)23)19(15-6-4-14(3)5-7-15)17-9-8-16(26)10-18(17)27-22/h4-10,12-13,19,23,26H,11H2,1-3H3/t19-/m1/s1. The molecule has 0 fully saturated rings. The van der Waals surface area contributed by atoms with E-state index in [-0.39, 0.29) is 11.7 Å². The summed E-state index contributed by atoms with van der Waals surface area (Å²) < 4.78 is 7.84. The van der Waals surface area contributed by atoms with Gasteiger partial charge in [-0.2, -0.15) is 0 Å². The Morgan fingerprint density at radius 3 is 2.63 bits per heavy atom. The van der Waals surface area contributed by atoms with Crippen molar-refractivity contribution in [2.45, 2.75) is 33.2 Å². The molecule has 0 unspecified atom stereocenters. The Balaban J connectivity index is 1.96. The number of phenolic OH excluding ortho intramolecular Hbond substituents is 1. The minimum absolute atomic E-state index is 0.150. The number of nitrogens with one attached hydrogen (secondary N) is 1. The monoisotopic (exact) mass is 361 g/mol. The summed E-state index contributed by atoms with van der Waals surface area (Å²) >= 11 is 0. The summed E-state index contributed by atoms with van der Waals surface area (Å²) in [5.41, 5.74) is 4.37. The van der Waals surface area contributed by atoms with E-state index in [0.29, 0.717) is 23.0 Å². The number of phenols is 1. The van der Waals surface area contributed by atoms with Gasteiger partial charge < -0.3 is 14.4 Å². The molecule has 5 heteroatoms. The lowest BCUT2D eigenvalue weighted by Gasteiger charge is -2.29. The molecule has 1 aliphatic rings. The van der Waals surface area contributed by atoms with Crippen molar-refractivity contribution in [2.24, 2.45) is 5.92 Å². The predicted molar refractivity (Wildman–Crippen MR) is 103 cm³/mol. The zero-order valence-electron chi connectivity index (χ0n) is 15.7. The largest absolute Gasteiger partial charge is 0.508 e. The molecular formula is C22H23N3O2. The molecule has 0 spiro atoms. The number of aromatic hydroxyl groups is 1. The first-order valence-electron chi connectivity index (χ1n) is 9.15. The number of hydrogen-bond acceptors (Lipinski definition) is 4. The lowest BCUT2D eigenvalue weighted by atomic mass is 9.83. The molecule has 27 heavy (non-hydrogen) atoms. The van der Waals surface area contributed by atoms with Crippen LogP contribution in [0, 0.1) is 18.3 Å². The molecule has 0 amide bonds. The lowest BCUT2D eigenvalue weighted by Crippen LogP contribution is -2.30. The van der Waals surface area contributed by atoms with Crippen molar-refractivity contribution in [2.75, 3.05) is 0 Å². The van der Waals surface area contributed by atoms with Gasteiger partial charge in [0.05, 0.1) is 5.56 Å². The first kappa shape index (κ1) is 17.3. The van der Waals surface area contributed by atoms with Crippen molar-refractivity contribution in [1.29, 1.82) is 5.41 Å². The smallest absolute Gasteiger partial charge is 0.228 e. The Bertz CT molecular complexity index is 1050. The Hall–Kier alpha value is -3.08. The third-order valence-corrected chi connectivity index (χ3v) is 4.86. The molecule has 4 rings (SSSR count).